The third-order valence-corrected chi connectivity index (χ3v) is 4.03. The number of nitrogens with zero attached hydrogens (tertiary/aromatic N) is 1. The quantitative estimate of drug-likeness (QED) is 0.913. The van der Waals surface area contributed by atoms with Crippen molar-refractivity contribution in [2.75, 3.05) is 26.8 Å². The number of hydrogen-bond acceptors (Lipinski definition) is 4. The molecule has 1 saturated heterocycles. The van der Waals surface area contributed by atoms with E-state index in [1.807, 2.05) is 12.1 Å². The van der Waals surface area contributed by atoms with Crippen LogP contribution in [0.1, 0.15) is 12.0 Å². The Bertz CT molecular complexity index is 652. The van der Waals surface area contributed by atoms with Crippen LogP contribution in [0.4, 0.5) is 0 Å². The van der Waals surface area contributed by atoms with Crippen LogP contribution in [0.3, 0.4) is 0 Å². The highest BCUT2D eigenvalue weighted by atomic mass is 16.5. The minimum Gasteiger partial charge on any atom is -0.493 e. The first-order valence-corrected chi connectivity index (χ1v) is 7.12. The number of ether oxygens (including phenoxy) is 2. The van der Waals surface area contributed by atoms with E-state index in [-0.39, 0.29) is 19.1 Å². The smallest absolute Gasteiger partial charge is 0.308 e. The minimum absolute atomic E-state index is 0.155. The summed E-state index contributed by atoms with van der Waals surface area (Å²) in [5.41, 5.74) is 1.33. The average molecular weight is 303 g/mol. The van der Waals surface area contributed by atoms with Crippen molar-refractivity contribution in [3.63, 3.8) is 0 Å². The Hall–Kier alpha value is -2.50. The maximum Gasteiger partial charge on any atom is 0.308 e. The molecule has 22 heavy (non-hydrogen) atoms. The molecule has 1 atom stereocenters. The Morgan fingerprint density at radius 3 is 2.91 bits per heavy atom. The lowest BCUT2D eigenvalue weighted by molar-refractivity contribution is -0.141. The Morgan fingerprint density at radius 2 is 2.23 bits per heavy atom. The minimum atomic E-state index is -0.848. The van der Waals surface area contributed by atoms with Crippen LogP contribution in [0, 0.1) is 5.92 Å². The summed E-state index contributed by atoms with van der Waals surface area (Å²) in [6.07, 6.45) is 2.29. The molecule has 0 bridgehead atoms. The summed E-state index contributed by atoms with van der Waals surface area (Å²) in [6.45, 7) is 0.898. The molecule has 0 spiro atoms. The Morgan fingerprint density at radius 1 is 1.41 bits per heavy atom. The monoisotopic (exact) mass is 303 g/mol. The average Bonchev–Trinajstić information content (AvgIpc) is 3.03. The van der Waals surface area contributed by atoms with Crippen LogP contribution in [0.25, 0.3) is 6.08 Å². The highest BCUT2D eigenvalue weighted by Crippen LogP contribution is 2.36. The van der Waals surface area contributed by atoms with Gasteiger partial charge in [0.1, 0.15) is 6.61 Å². The Balaban J connectivity index is 1.80. The van der Waals surface area contributed by atoms with Gasteiger partial charge in [0.05, 0.1) is 18.6 Å². The van der Waals surface area contributed by atoms with E-state index in [1.54, 1.807) is 24.2 Å². The number of carboxylic acids is 1. The highest BCUT2D eigenvalue weighted by molar-refractivity contribution is 5.99. The normalized spacial score (nSPS) is 20.0. The largest absolute Gasteiger partial charge is 0.493 e. The maximum atomic E-state index is 12.5. The number of carboxylic acid groups (broad SMARTS) is 1. The lowest BCUT2D eigenvalue weighted by atomic mass is 10.1. The van der Waals surface area contributed by atoms with Gasteiger partial charge in [-0.3, -0.25) is 9.59 Å². The van der Waals surface area contributed by atoms with Gasteiger partial charge in [-0.15, -0.1) is 0 Å². The SMILES string of the molecule is COc1cccc2c1OCC(C(=O)N1CCC(C(=O)O)C1)=C2. The summed E-state index contributed by atoms with van der Waals surface area (Å²) in [4.78, 5) is 25.1. The van der Waals surface area contributed by atoms with Crippen molar-refractivity contribution in [3.8, 4) is 11.5 Å². The second-order valence-electron chi connectivity index (χ2n) is 5.41. The number of rotatable bonds is 3. The molecule has 0 saturated carbocycles. The fourth-order valence-electron chi connectivity index (χ4n) is 2.81. The summed E-state index contributed by atoms with van der Waals surface area (Å²) >= 11 is 0. The molecule has 1 aromatic rings. The molecule has 1 N–H and O–H groups in total. The van der Waals surface area contributed by atoms with Gasteiger partial charge in [0.2, 0.25) is 0 Å². The lowest BCUT2D eigenvalue weighted by Gasteiger charge is -2.23. The Labute approximate surface area is 127 Å². The molecule has 2 aliphatic rings. The van der Waals surface area contributed by atoms with Crippen LogP contribution in [0.5, 0.6) is 11.5 Å². The van der Waals surface area contributed by atoms with E-state index >= 15 is 0 Å². The third-order valence-electron chi connectivity index (χ3n) is 4.03. The summed E-state index contributed by atoms with van der Waals surface area (Å²) < 4.78 is 10.9. The summed E-state index contributed by atoms with van der Waals surface area (Å²) in [5.74, 6) is -0.211. The molecule has 6 nitrogen and oxygen atoms in total. The summed E-state index contributed by atoms with van der Waals surface area (Å²) in [7, 11) is 1.57. The van der Waals surface area contributed by atoms with Crippen molar-refractivity contribution in [3.05, 3.63) is 29.3 Å². The van der Waals surface area contributed by atoms with E-state index < -0.39 is 11.9 Å². The van der Waals surface area contributed by atoms with Gasteiger partial charge < -0.3 is 19.5 Å². The highest BCUT2D eigenvalue weighted by Gasteiger charge is 2.33. The van der Waals surface area contributed by atoms with Crippen LogP contribution < -0.4 is 9.47 Å². The first kappa shape index (κ1) is 14.4. The number of para-hydroxylation sites is 1. The second kappa shape index (κ2) is 5.71. The molecular formula is C16H17NO5. The first-order chi connectivity index (χ1) is 10.6. The van der Waals surface area contributed by atoms with E-state index in [9.17, 15) is 9.59 Å². The molecule has 0 aromatic heterocycles. The fourth-order valence-corrected chi connectivity index (χ4v) is 2.81. The molecule has 1 fully saturated rings. The second-order valence-corrected chi connectivity index (χ2v) is 5.41. The number of fused-ring (bicyclic) bond motifs is 1. The predicted molar refractivity (Wildman–Crippen MR) is 78.8 cm³/mol. The molecule has 1 aromatic carbocycles. The molecule has 3 rings (SSSR count). The molecule has 0 aliphatic carbocycles. The van der Waals surface area contributed by atoms with Crippen LogP contribution in [-0.2, 0) is 9.59 Å². The van der Waals surface area contributed by atoms with Gasteiger partial charge in [0, 0.05) is 18.7 Å². The maximum absolute atomic E-state index is 12.5. The number of aliphatic carboxylic acids is 1. The van der Waals surface area contributed by atoms with Gasteiger partial charge in [0.15, 0.2) is 11.5 Å². The number of benzene rings is 1. The van der Waals surface area contributed by atoms with Crippen molar-refractivity contribution in [2.45, 2.75) is 6.42 Å². The molecule has 116 valence electrons. The van der Waals surface area contributed by atoms with Gasteiger partial charge in [-0.05, 0) is 18.6 Å². The third kappa shape index (κ3) is 2.52. The molecule has 2 aliphatic heterocycles. The lowest BCUT2D eigenvalue weighted by Crippen LogP contribution is -2.33. The van der Waals surface area contributed by atoms with Crippen LogP contribution in [0.2, 0.25) is 0 Å². The number of amides is 1. The van der Waals surface area contributed by atoms with Gasteiger partial charge in [-0.25, -0.2) is 0 Å². The van der Waals surface area contributed by atoms with Gasteiger partial charge in [-0.2, -0.15) is 0 Å². The van der Waals surface area contributed by atoms with Crippen LogP contribution in [0.15, 0.2) is 23.8 Å². The van der Waals surface area contributed by atoms with E-state index in [1.165, 1.54) is 0 Å². The van der Waals surface area contributed by atoms with E-state index in [2.05, 4.69) is 0 Å². The molecule has 6 heteroatoms. The van der Waals surface area contributed by atoms with Crippen molar-refractivity contribution in [2.24, 2.45) is 5.92 Å². The molecule has 0 radical (unpaired) electrons. The van der Waals surface area contributed by atoms with Crippen molar-refractivity contribution < 1.29 is 24.2 Å². The molecule has 1 unspecified atom stereocenters. The molecular weight excluding hydrogens is 286 g/mol. The zero-order valence-corrected chi connectivity index (χ0v) is 12.2. The number of likely N-dealkylation sites (tertiary alicyclic amines) is 1. The van der Waals surface area contributed by atoms with Crippen LogP contribution >= 0.6 is 0 Å². The zero-order chi connectivity index (χ0) is 15.7. The van der Waals surface area contributed by atoms with Gasteiger partial charge in [0.25, 0.3) is 5.91 Å². The molecule has 2 heterocycles. The van der Waals surface area contributed by atoms with Crippen molar-refractivity contribution in [1.29, 1.82) is 0 Å². The van der Waals surface area contributed by atoms with Crippen molar-refractivity contribution in [1.82, 2.24) is 4.90 Å². The first-order valence-electron chi connectivity index (χ1n) is 7.12. The van der Waals surface area contributed by atoms with Crippen molar-refractivity contribution >= 4 is 18.0 Å². The van der Waals surface area contributed by atoms with Gasteiger partial charge >= 0.3 is 5.97 Å². The van der Waals surface area contributed by atoms with E-state index in [4.69, 9.17) is 14.6 Å². The Kier molecular flexibility index (Phi) is 3.75. The van der Waals surface area contributed by atoms with E-state index in [0.29, 0.717) is 30.0 Å². The summed E-state index contributed by atoms with van der Waals surface area (Å²) in [6, 6.07) is 5.49. The number of carbonyl (C=O) groups is 2. The molecule has 1 amide bonds. The fraction of sp³-hybridized carbons (Fsp3) is 0.375. The summed E-state index contributed by atoms with van der Waals surface area (Å²) in [5, 5.41) is 9.02. The standard InChI is InChI=1S/C16H17NO5/c1-21-13-4-2-3-10-7-12(9-22-14(10)13)15(18)17-6-5-11(8-17)16(19)20/h2-4,7,11H,5-6,8-9H2,1H3,(H,19,20). The topological polar surface area (TPSA) is 76.1 Å². The van der Waals surface area contributed by atoms with Crippen LogP contribution in [-0.4, -0.2) is 48.7 Å². The number of carbonyl (C=O) groups excluding carboxylic acids is 1. The van der Waals surface area contributed by atoms with Gasteiger partial charge in [-0.1, -0.05) is 12.1 Å². The number of hydrogen-bond donors (Lipinski definition) is 1. The zero-order valence-electron chi connectivity index (χ0n) is 12.2. The predicted octanol–water partition coefficient (Wildman–Crippen LogP) is 1.40. The van der Waals surface area contributed by atoms with E-state index in [0.717, 1.165) is 5.56 Å². The number of methoxy groups -OCH3 is 1.